The van der Waals surface area contributed by atoms with Crippen LogP contribution in [-0.4, -0.2) is 40.1 Å². The monoisotopic (exact) mass is 318 g/mol. The molecular weight excluding hydrogens is 300 g/mol. The van der Waals surface area contributed by atoms with E-state index in [0.29, 0.717) is 10.6 Å². The van der Waals surface area contributed by atoms with Crippen molar-refractivity contribution in [3.8, 4) is 11.3 Å². The Hall–Kier alpha value is -1.91. The number of hydrogen-bond acceptors (Lipinski definition) is 3. The Labute approximate surface area is 135 Å². The van der Waals surface area contributed by atoms with Gasteiger partial charge in [-0.3, -0.25) is 9.78 Å². The van der Waals surface area contributed by atoms with Crippen LogP contribution in [0.3, 0.4) is 0 Å². The summed E-state index contributed by atoms with van der Waals surface area (Å²) in [4.78, 5) is 18.3. The van der Waals surface area contributed by atoms with Crippen LogP contribution in [-0.2, 0) is 0 Å². The van der Waals surface area contributed by atoms with Crippen LogP contribution in [0.1, 0.15) is 24.2 Å². The van der Waals surface area contributed by atoms with Crippen molar-refractivity contribution in [1.29, 1.82) is 0 Å². The zero-order chi connectivity index (χ0) is 16.3. The lowest BCUT2D eigenvalue weighted by atomic mass is 10.1. The van der Waals surface area contributed by atoms with Crippen molar-refractivity contribution in [2.45, 2.75) is 19.4 Å². The lowest BCUT2D eigenvalue weighted by Crippen LogP contribution is -2.39. The number of hydrogen-bond donors (Lipinski definition) is 1. The average molecular weight is 319 g/mol. The van der Waals surface area contributed by atoms with Crippen molar-refractivity contribution in [3.05, 3.63) is 53.2 Å². The van der Waals surface area contributed by atoms with Crippen molar-refractivity contribution in [1.82, 2.24) is 9.88 Å². The van der Waals surface area contributed by atoms with E-state index in [1.165, 1.54) is 4.90 Å². The van der Waals surface area contributed by atoms with Crippen LogP contribution in [0, 0.1) is 0 Å². The maximum atomic E-state index is 12.5. The quantitative estimate of drug-likeness (QED) is 0.941. The van der Waals surface area contributed by atoms with Crippen molar-refractivity contribution in [2.24, 2.45) is 0 Å². The molecule has 0 saturated heterocycles. The van der Waals surface area contributed by atoms with Crippen molar-refractivity contribution in [2.75, 3.05) is 13.6 Å². The molecule has 1 aromatic carbocycles. The van der Waals surface area contributed by atoms with Gasteiger partial charge in [-0.25, -0.2) is 0 Å². The SMILES string of the molecule is CN(CC(C)(C)O)C(=O)c1cc(-c2ccccn2)ccc1Cl. The second kappa shape index (κ2) is 6.46. The van der Waals surface area contributed by atoms with Crippen LogP contribution in [0.4, 0.5) is 0 Å². The molecule has 0 aliphatic heterocycles. The predicted octanol–water partition coefficient (Wildman–Crippen LogP) is 3.24. The molecule has 116 valence electrons. The molecule has 22 heavy (non-hydrogen) atoms. The van der Waals surface area contributed by atoms with Gasteiger partial charge >= 0.3 is 0 Å². The fourth-order valence-corrected chi connectivity index (χ4v) is 2.44. The fraction of sp³-hybridized carbons (Fsp3) is 0.294. The van der Waals surface area contributed by atoms with Gasteiger partial charge in [0.1, 0.15) is 0 Å². The molecule has 2 aromatic rings. The number of aromatic nitrogens is 1. The van der Waals surface area contributed by atoms with Gasteiger partial charge in [0, 0.05) is 25.4 Å². The van der Waals surface area contributed by atoms with E-state index < -0.39 is 5.60 Å². The zero-order valence-corrected chi connectivity index (χ0v) is 13.6. The highest BCUT2D eigenvalue weighted by Crippen LogP contribution is 2.25. The van der Waals surface area contributed by atoms with Crippen LogP contribution in [0.2, 0.25) is 5.02 Å². The molecule has 0 spiro atoms. The van der Waals surface area contributed by atoms with Gasteiger partial charge in [-0.1, -0.05) is 23.7 Å². The normalized spacial score (nSPS) is 11.3. The number of nitrogens with zero attached hydrogens (tertiary/aromatic N) is 2. The van der Waals surface area contributed by atoms with Crippen LogP contribution < -0.4 is 0 Å². The number of carbonyl (C=O) groups is 1. The standard InChI is InChI=1S/C17H19ClN2O2/c1-17(2,22)11-20(3)16(21)13-10-12(7-8-14(13)18)15-6-4-5-9-19-15/h4-10,22H,11H2,1-3H3. The van der Waals surface area contributed by atoms with Gasteiger partial charge in [0.2, 0.25) is 0 Å². The number of halogens is 1. The highest BCUT2D eigenvalue weighted by Gasteiger charge is 2.22. The summed E-state index contributed by atoms with van der Waals surface area (Å²) in [5.41, 5.74) is 1.04. The number of pyridine rings is 1. The molecule has 0 aliphatic rings. The van der Waals surface area contributed by atoms with Gasteiger partial charge in [0.15, 0.2) is 0 Å². The lowest BCUT2D eigenvalue weighted by Gasteiger charge is -2.26. The third-order valence-corrected chi connectivity index (χ3v) is 3.46. The van der Waals surface area contributed by atoms with E-state index in [4.69, 9.17) is 11.6 Å². The highest BCUT2D eigenvalue weighted by atomic mass is 35.5. The van der Waals surface area contributed by atoms with E-state index in [0.717, 1.165) is 11.3 Å². The number of likely N-dealkylation sites (N-methyl/N-ethyl adjacent to an activating group) is 1. The molecule has 0 unspecified atom stereocenters. The first-order valence-corrected chi connectivity index (χ1v) is 7.34. The van der Waals surface area contributed by atoms with E-state index in [2.05, 4.69) is 4.98 Å². The molecule has 0 atom stereocenters. The molecule has 1 amide bonds. The number of carbonyl (C=O) groups excluding carboxylic acids is 1. The van der Waals surface area contributed by atoms with Crippen molar-refractivity contribution < 1.29 is 9.90 Å². The van der Waals surface area contributed by atoms with Gasteiger partial charge in [-0.15, -0.1) is 0 Å². The van der Waals surface area contributed by atoms with Gasteiger partial charge in [-0.2, -0.15) is 0 Å². The summed E-state index contributed by atoms with van der Waals surface area (Å²) < 4.78 is 0. The molecule has 0 aliphatic carbocycles. The molecule has 5 heteroatoms. The second-order valence-corrected chi connectivity index (χ2v) is 6.29. The van der Waals surface area contributed by atoms with E-state index in [1.54, 1.807) is 39.2 Å². The van der Waals surface area contributed by atoms with Gasteiger partial charge in [0.05, 0.1) is 21.9 Å². The summed E-state index contributed by atoms with van der Waals surface area (Å²) >= 11 is 6.16. The third-order valence-electron chi connectivity index (χ3n) is 3.13. The molecule has 0 bridgehead atoms. The minimum atomic E-state index is -0.963. The van der Waals surface area contributed by atoms with Crippen LogP contribution in [0.15, 0.2) is 42.6 Å². The Balaban J connectivity index is 2.33. The second-order valence-electron chi connectivity index (χ2n) is 5.88. The molecule has 0 radical (unpaired) electrons. The number of rotatable bonds is 4. The Morgan fingerprint density at radius 1 is 1.32 bits per heavy atom. The highest BCUT2D eigenvalue weighted by molar-refractivity contribution is 6.34. The third kappa shape index (κ3) is 4.06. The first-order chi connectivity index (χ1) is 10.3. The average Bonchev–Trinajstić information content (AvgIpc) is 2.46. The van der Waals surface area contributed by atoms with E-state index >= 15 is 0 Å². The van der Waals surface area contributed by atoms with Crippen LogP contribution in [0.5, 0.6) is 0 Å². The summed E-state index contributed by atoms with van der Waals surface area (Å²) in [5, 5.41) is 10.2. The van der Waals surface area contributed by atoms with Gasteiger partial charge in [0.25, 0.3) is 5.91 Å². The number of aliphatic hydroxyl groups is 1. The first-order valence-electron chi connectivity index (χ1n) is 6.97. The van der Waals surface area contributed by atoms with Gasteiger partial charge in [-0.05, 0) is 38.1 Å². The molecule has 4 nitrogen and oxygen atoms in total. The Morgan fingerprint density at radius 2 is 2.05 bits per heavy atom. The molecule has 1 N–H and O–H groups in total. The summed E-state index contributed by atoms with van der Waals surface area (Å²) in [6.07, 6.45) is 1.70. The zero-order valence-electron chi connectivity index (χ0n) is 12.9. The summed E-state index contributed by atoms with van der Waals surface area (Å²) in [5.74, 6) is -0.232. The Morgan fingerprint density at radius 3 is 2.64 bits per heavy atom. The van der Waals surface area contributed by atoms with E-state index in [1.807, 2.05) is 24.3 Å². The molecule has 2 rings (SSSR count). The van der Waals surface area contributed by atoms with Crippen molar-refractivity contribution in [3.63, 3.8) is 0 Å². The number of amides is 1. The Bertz CT molecular complexity index is 666. The maximum absolute atomic E-state index is 12.5. The molecule has 1 aromatic heterocycles. The van der Waals surface area contributed by atoms with Crippen LogP contribution in [0.25, 0.3) is 11.3 Å². The largest absolute Gasteiger partial charge is 0.389 e. The summed E-state index contributed by atoms with van der Waals surface area (Å²) in [7, 11) is 1.64. The Kier molecular flexibility index (Phi) is 4.84. The van der Waals surface area contributed by atoms with E-state index in [9.17, 15) is 9.90 Å². The lowest BCUT2D eigenvalue weighted by molar-refractivity contribution is 0.0368. The fourth-order valence-electron chi connectivity index (χ4n) is 2.24. The van der Waals surface area contributed by atoms with Gasteiger partial charge < -0.3 is 10.0 Å². The van der Waals surface area contributed by atoms with E-state index in [-0.39, 0.29) is 12.5 Å². The smallest absolute Gasteiger partial charge is 0.255 e. The molecule has 0 saturated carbocycles. The first kappa shape index (κ1) is 16.5. The number of benzene rings is 1. The minimum absolute atomic E-state index is 0.218. The van der Waals surface area contributed by atoms with Crippen LogP contribution >= 0.6 is 11.6 Å². The topological polar surface area (TPSA) is 53.4 Å². The minimum Gasteiger partial charge on any atom is -0.389 e. The molecule has 0 fully saturated rings. The predicted molar refractivity (Wildman–Crippen MR) is 87.9 cm³/mol. The summed E-state index contributed by atoms with van der Waals surface area (Å²) in [6.45, 7) is 3.53. The van der Waals surface area contributed by atoms with Crippen molar-refractivity contribution >= 4 is 17.5 Å². The molecular formula is C17H19ClN2O2. The molecule has 1 heterocycles. The maximum Gasteiger partial charge on any atom is 0.255 e. The summed E-state index contributed by atoms with van der Waals surface area (Å²) in [6, 6.07) is 10.8.